The fourth-order valence-corrected chi connectivity index (χ4v) is 1.52. The molecule has 17 heavy (non-hydrogen) atoms. The van der Waals surface area contributed by atoms with Crippen molar-refractivity contribution in [3.63, 3.8) is 0 Å². The van der Waals surface area contributed by atoms with E-state index in [2.05, 4.69) is 6.92 Å². The van der Waals surface area contributed by atoms with Crippen LogP contribution in [-0.4, -0.2) is 24.8 Å². The van der Waals surface area contributed by atoms with Crippen molar-refractivity contribution in [2.24, 2.45) is 5.73 Å². The first kappa shape index (κ1) is 13.9. The van der Waals surface area contributed by atoms with E-state index in [0.717, 1.165) is 30.8 Å². The van der Waals surface area contributed by atoms with E-state index >= 15 is 0 Å². The number of hydrogen-bond donors (Lipinski definition) is 1. The summed E-state index contributed by atoms with van der Waals surface area (Å²) in [5, 5.41) is 0. The average molecular weight is 253 g/mol. The number of benzene rings is 1. The van der Waals surface area contributed by atoms with E-state index in [1.165, 1.54) is 0 Å². The fourth-order valence-electron chi connectivity index (χ4n) is 1.36. The largest absolute Gasteiger partial charge is 0.490 e. The SMILES string of the molecule is CCCCOCCOc1ccccc1C(N)=S. The molecule has 0 spiro atoms. The Kier molecular flexibility index (Phi) is 6.58. The Morgan fingerprint density at radius 1 is 1.24 bits per heavy atom. The topological polar surface area (TPSA) is 44.5 Å². The Bertz CT molecular complexity index is 355. The Morgan fingerprint density at radius 2 is 2.00 bits per heavy atom. The van der Waals surface area contributed by atoms with Crippen LogP contribution in [0.5, 0.6) is 5.75 Å². The summed E-state index contributed by atoms with van der Waals surface area (Å²) in [4.78, 5) is 0.354. The molecule has 1 rings (SSSR count). The fraction of sp³-hybridized carbons (Fsp3) is 0.462. The van der Waals surface area contributed by atoms with E-state index in [-0.39, 0.29) is 0 Å². The highest BCUT2D eigenvalue weighted by Crippen LogP contribution is 2.17. The highest BCUT2D eigenvalue weighted by Gasteiger charge is 2.04. The summed E-state index contributed by atoms with van der Waals surface area (Å²) in [5.74, 6) is 0.721. The quantitative estimate of drug-likeness (QED) is 0.571. The second-order valence-corrected chi connectivity index (χ2v) is 4.11. The predicted molar refractivity (Wildman–Crippen MR) is 73.6 cm³/mol. The molecule has 94 valence electrons. The van der Waals surface area contributed by atoms with Gasteiger partial charge in [0.1, 0.15) is 17.3 Å². The van der Waals surface area contributed by atoms with E-state index in [1.54, 1.807) is 0 Å². The van der Waals surface area contributed by atoms with Crippen LogP contribution in [0, 0.1) is 0 Å². The van der Waals surface area contributed by atoms with Crippen LogP contribution < -0.4 is 10.5 Å². The van der Waals surface area contributed by atoms with Crippen molar-refractivity contribution in [1.29, 1.82) is 0 Å². The van der Waals surface area contributed by atoms with Crippen molar-refractivity contribution in [2.75, 3.05) is 19.8 Å². The summed E-state index contributed by atoms with van der Waals surface area (Å²) in [7, 11) is 0. The lowest BCUT2D eigenvalue weighted by atomic mass is 10.2. The molecule has 1 aromatic rings. The molecule has 0 saturated carbocycles. The Balaban J connectivity index is 2.34. The molecule has 0 aliphatic heterocycles. The number of rotatable bonds is 8. The third kappa shape index (κ3) is 5.15. The molecule has 0 saturated heterocycles. The summed E-state index contributed by atoms with van der Waals surface area (Å²) in [5.41, 5.74) is 6.38. The molecule has 3 nitrogen and oxygen atoms in total. The van der Waals surface area contributed by atoms with E-state index < -0.39 is 0 Å². The molecule has 0 bridgehead atoms. The van der Waals surface area contributed by atoms with Crippen molar-refractivity contribution in [3.8, 4) is 5.75 Å². The number of nitrogens with two attached hydrogens (primary N) is 1. The van der Waals surface area contributed by atoms with Crippen molar-refractivity contribution < 1.29 is 9.47 Å². The van der Waals surface area contributed by atoms with Crippen LogP contribution in [0.25, 0.3) is 0 Å². The van der Waals surface area contributed by atoms with Crippen molar-refractivity contribution in [1.82, 2.24) is 0 Å². The van der Waals surface area contributed by atoms with Gasteiger partial charge in [0, 0.05) is 6.61 Å². The maximum Gasteiger partial charge on any atom is 0.129 e. The van der Waals surface area contributed by atoms with Gasteiger partial charge < -0.3 is 15.2 Å². The third-order valence-corrected chi connectivity index (χ3v) is 2.50. The molecular weight excluding hydrogens is 234 g/mol. The zero-order valence-electron chi connectivity index (χ0n) is 10.1. The third-order valence-electron chi connectivity index (χ3n) is 2.28. The van der Waals surface area contributed by atoms with Gasteiger partial charge in [0.2, 0.25) is 0 Å². The van der Waals surface area contributed by atoms with Gasteiger partial charge in [0.05, 0.1) is 12.2 Å². The van der Waals surface area contributed by atoms with Crippen molar-refractivity contribution >= 4 is 17.2 Å². The summed E-state index contributed by atoms with van der Waals surface area (Å²) >= 11 is 4.95. The van der Waals surface area contributed by atoms with Crippen LogP contribution in [0.15, 0.2) is 24.3 Å². The first-order chi connectivity index (χ1) is 8.25. The molecule has 2 N–H and O–H groups in total. The van der Waals surface area contributed by atoms with Gasteiger partial charge in [-0.1, -0.05) is 37.7 Å². The van der Waals surface area contributed by atoms with Crippen LogP contribution in [0.1, 0.15) is 25.3 Å². The molecule has 0 aliphatic carbocycles. The summed E-state index contributed by atoms with van der Waals surface area (Å²) in [6.45, 7) is 4.03. The summed E-state index contributed by atoms with van der Waals surface area (Å²) in [6, 6.07) is 7.50. The number of unbranched alkanes of at least 4 members (excludes halogenated alkanes) is 1. The minimum atomic E-state index is 0.354. The maximum atomic E-state index is 5.60. The predicted octanol–water partition coefficient (Wildman–Crippen LogP) is 2.52. The molecule has 4 heteroatoms. The van der Waals surface area contributed by atoms with Gasteiger partial charge in [-0.15, -0.1) is 0 Å². The van der Waals surface area contributed by atoms with Gasteiger partial charge >= 0.3 is 0 Å². The minimum absolute atomic E-state index is 0.354. The molecule has 0 aromatic heterocycles. The minimum Gasteiger partial charge on any atom is -0.490 e. The van der Waals surface area contributed by atoms with Crippen LogP contribution in [0.3, 0.4) is 0 Å². The average Bonchev–Trinajstić information content (AvgIpc) is 2.34. The van der Waals surface area contributed by atoms with Gasteiger partial charge in [-0.2, -0.15) is 0 Å². The highest BCUT2D eigenvalue weighted by atomic mass is 32.1. The number of para-hydroxylation sites is 1. The molecule has 0 aliphatic rings. The van der Waals surface area contributed by atoms with Crippen molar-refractivity contribution in [3.05, 3.63) is 29.8 Å². The molecule has 0 atom stereocenters. The molecule has 0 heterocycles. The van der Waals surface area contributed by atoms with Gasteiger partial charge in [-0.05, 0) is 18.6 Å². The first-order valence-electron chi connectivity index (χ1n) is 5.85. The van der Waals surface area contributed by atoms with Gasteiger partial charge in [-0.3, -0.25) is 0 Å². The second kappa shape index (κ2) is 8.03. The lowest BCUT2D eigenvalue weighted by molar-refractivity contribution is 0.0980. The van der Waals surface area contributed by atoms with E-state index in [4.69, 9.17) is 27.4 Å². The summed E-state index contributed by atoms with van der Waals surface area (Å²) in [6.07, 6.45) is 2.23. The lowest BCUT2D eigenvalue weighted by Crippen LogP contribution is -2.13. The highest BCUT2D eigenvalue weighted by molar-refractivity contribution is 7.80. The monoisotopic (exact) mass is 253 g/mol. The van der Waals surface area contributed by atoms with E-state index in [0.29, 0.717) is 18.2 Å². The molecule has 1 aromatic carbocycles. The van der Waals surface area contributed by atoms with Gasteiger partial charge in [-0.25, -0.2) is 0 Å². The molecular formula is C13H19NO2S. The van der Waals surface area contributed by atoms with Crippen LogP contribution >= 0.6 is 12.2 Å². The molecule has 0 unspecified atom stereocenters. The lowest BCUT2D eigenvalue weighted by Gasteiger charge is -2.10. The number of ether oxygens (including phenoxy) is 2. The smallest absolute Gasteiger partial charge is 0.129 e. The van der Waals surface area contributed by atoms with Crippen LogP contribution in [0.4, 0.5) is 0 Å². The number of hydrogen-bond acceptors (Lipinski definition) is 3. The Labute approximate surface area is 108 Å². The Morgan fingerprint density at radius 3 is 2.71 bits per heavy atom. The van der Waals surface area contributed by atoms with E-state index in [1.807, 2.05) is 24.3 Å². The Hall–Kier alpha value is -1.13. The van der Waals surface area contributed by atoms with Crippen molar-refractivity contribution in [2.45, 2.75) is 19.8 Å². The van der Waals surface area contributed by atoms with Crippen LogP contribution in [-0.2, 0) is 4.74 Å². The zero-order chi connectivity index (χ0) is 12.5. The molecule has 0 fully saturated rings. The number of thiocarbonyl (C=S) groups is 1. The molecule has 0 radical (unpaired) electrons. The van der Waals surface area contributed by atoms with Crippen LogP contribution in [0.2, 0.25) is 0 Å². The second-order valence-electron chi connectivity index (χ2n) is 3.67. The van der Waals surface area contributed by atoms with E-state index in [9.17, 15) is 0 Å². The normalized spacial score (nSPS) is 10.2. The van der Waals surface area contributed by atoms with Gasteiger partial charge in [0.15, 0.2) is 0 Å². The zero-order valence-corrected chi connectivity index (χ0v) is 11.0. The summed E-state index contributed by atoms with van der Waals surface area (Å²) < 4.78 is 11.0. The standard InChI is InChI=1S/C13H19NO2S/c1-2-3-8-15-9-10-16-12-7-5-4-6-11(12)13(14)17/h4-7H,2-3,8-10H2,1H3,(H2,14,17). The maximum absolute atomic E-state index is 5.60. The van der Waals surface area contributed by atoms with Gasteiger partial charge in [0.25, 0.3) is 0 Å². The first-order valence-corrected chi connectivity index (χ1v) is 6.26. The molecule has 0 amide bonds.